The second-order valence-electron chi connectivity index (χ2n) is 5.50. The number of hydrogen-bond acceptors (Lipinski definition) is 1. The molecule has 104 valence electrons. The van der Waals surface area contributed by atoms with E-state index in [1.54, 1.807) is 0 Å². The fraction of sp³-hybridized carbons (Fsp3) is 0.562. The van der Waals surface area contributed by atoms with Crippen molar-refractivity contribution in [3.05, 3.63) is 33.8 Å². The molecule has 1 aromatic carbocycles. The molecule has 0 radical (unpaired) electrons. The first kappa shape index (κ1) is 14.6. The molecule has 3 heteroatoms. The Bertz CT molecular complexity index is 436. The van der Waals surface area contributed by atoms with Gasteiger partial charge in [-0.3, -0.25) is 4.79 Å². The lowest BCUT2D eigenvalue weighted by molar-refractivity contribution is 0.0929. The Kier molecular flexibility index (Phi) is 5.44. The SMILES string of the molecule is Cc1ccc(C(=O)NC2CCCCCCC2)c(Br)c1. The highest BCUT2D eigenvalue weighted by Gasteiger charge is 2.16. The number of benzene rings is 1. The number of nitrogens with one attached hydrogen (secondary N) is 1. The van der Waals surface area contributed by atoms with Crippen LogP contribution in [0, 0.1) is 6.92 Å². The summed E-state index contributed by atoms with van der Waals surface area (Å²) in [5.41, 5.74) is 1.90. The molecule has 1 aliphatic carbocycles. The van der Waals surface area contributed by atoms with Gasteiger partial charge in [-0.2, -0.15) is 0 Å². The Balaban J connectivity index is 1.99. The zero-order valence-electron chi connectivity index (χ0n) is 11.5. The van der Waals surface area contributed by atoms with Crippen LogP contribution in [-0.4, -0.2) is 11.9 Å². The summed E-state index contributed by atoms with van der Waals surface area (Å²) in [6.45, 7) is 2.03. The van der Waals surface area contributed by atoms with Crippen molar-refractivity contribution >= 4 is 21.8 Å². The van der Waals surface area contributed by atoms with Gasteiger partial charge >= 0.3 is 0 Å². The summed E-state index contributed by atoms with van der Waals surface area (Å²) in [7, 11) is 0. The number of carbonyl (C=O) groups excluding carboxylic acids is 1. The highest BCUT2D eigenvalue weighted by molar-refractivity contribution is 9.10. The molecule has 2 rings (SSSR count). The van der Waals surface area contributed by atoms with Gasteiger partial charge in [-0.05, 0) is 53.4 Å². The van der Waals surface area contributed by atoms with E-state index in [-0.39, 0.29) is 5.91 Å². The molecule has 0 aliphatic heterocycles. The third kappa shape index (κ3) is 4.34. The number of hydrogen-bond donors (Lipinski definition) is 1. The summed E-state index contributed by atoms with van der Waals surface area (Å²) >= 11 is 3.48. The molecule has 0 aromatic heterocycles. The normalized spacial score (nSPS) is 17.6. The lowest BCUT2D eigenvalue weighted by Crippen LogP contribution is -2.35. The summed E-state index contributed by atoms with van der Waals surface area (Å²) in [6, 6.07) is 6.23. The zero-order chi connectivity index (χ0) is 13.7. The van der Waals surface area contributed by atoms with Crippen LogP contribution in [0.5, 0.6) is 0 Å². The molecular formula is C16H22BrNO. The Morgan fingerprint density at radius 2 is 1.79 bits per heavy atom. The van der Waals surface area contributed by atoms with Crippen LogP contribution in [0.1, 0.15) is 60.9 Å². The van der Waals surface area contributed by atoms with E-state index in [9.17, 15) is 4.79 Å². The molecule has 1 saturated carbocycles. The van der Waals surface area contributed by atoms with E-state index >= 15 is 0 Å². The average Bonchev–Trinajstić information content (AvgIpc) is 2.32. The van der Waals surface area contributed by atoms with Gasteiger partial charge in [0.15, 0.2) is 0 Å². The predicted molar refractivity (Wildman–Crippen MR) is 82.5 cm³/mol. The Morgan fingerprint density at radius 1 is 1.16 bits per heavy atom. The Hall–Kier alpha value is -0.830. The van der Waals surface area contributed by atoms with Gasteiger partial charge in [0, 0.05) is 10.5 Å². The van der Waals surface area contributed by atoms with E-state index in [4.69, 9.17) is 0 Å². The number of halogens is 1. The molecule has 0 atom stereocenters. The number of aryl methyl sites for hydroxylation is 1. The molecule has 1 N–H and O–H groups in total. The lowest BCUT2D eigenvalue weighted by atomic mass is 9.96. The van der Waals surface area contributed by atoms with Gasteiger partial charge in [0.05, 0.1) is 5.56 Å². The van der Waals surface area contributed by atoms with E-state index in [0.717, 1.165) is 28.4 Å². The van der Waals surface area contributed by atoms with Crippen molar-refractivity contribution in [3.63, 3.8) is 0 Å². The fourth-order valence-electron chi connectivity index (χ4n) is 2.67. The van der Waals surface area contributed by atoms with Crippen molar-refractivity contribution in [2.24, 2.45) is 0 Å². The van der Waals surface area contributed by atoms with E-state index < -0.39 is 0 Å². The van der Waals surface area contributed by atoms with Crippen LogP contribution in [0.2, 0.25) is 0 Å². The highest BCUT2D eigenvalue weighted by atomic mass is 79.9. The summed E-state index contributed by atoms with van der Waals surface area (Å²) in [5.74, 6) is 0.0532. The van der Waals surface area contributed by atoms with Gasteiger partial charge in [0.1, 0.15) is 0 Å². The highest BCUT2D eigenvalue weighted by Crippen LogP contribution is 2.20. The van der Waals surface area contributed by atoms with Crippen molar-refractivity contribution in [2.45, 2.75) is 57.9 Å². The summed E-state index contributed by atoms with van der Waals surface area (Å²) in [4.78, 5) is 12.3. The van der Waals surface area contributed by atoms with Crippen molar-refractivity contribution in [1.82, 2.24) is 5.32 Å². The number of amides is 1. The maximum atomic E-state index is 12.3. The lowest BCUT2D eigenvalue weighted by Gasteiger charge is -2.21. The molecule has 1 fully saturated rings. The van der Waals surface area contributed by atoms with Crippen LogP contribution in [0.4, 0.5) is 0 Å². The number of carbonyl (C=O) groups is 1. The summed E-state index contributed by atoms with van der Waals surface area (Å²) in [6.07, 6.45) is 8.68. The summed E-state index contributed by atoms with van der Waals surface area (Å²) in [5, 5.41) is 3.19. The van der Waals surface area contributed by atoms with Gasteiger partial charge < -0.3 is 5.32 Å². The minimum absolute atomic E-state index is 0.0532. The smallest absolute Gasteiger partial charge is 0.252 e. The Morgan fingerprint density at radius 3 is 2.42 bits per heavy atom. The van der Waals surface area contributed by atoms with E-state index in [0.29, 0.717) is 6.04 Å². The average molecular weight is 324 g/mol. The molecule has 1 aliphatic rings. The van der Waals surface area contributed by atoms with Crippen LogP contribution < -0.4 is 5.32 Å². The quantitative estimate of drug-likeness (QED) is 0.846. The summed E-state index contributed by atoms with van der Waals surface area (Å²) < 4.78 is 0.885. The van der Waals surface area contributed by atoms with Gasteiger partial charge in [-0.25, -0.2) is 0 Å². The van der Waals surface area contributed by atoms with Gasteiger partial charge in [0.25, 0.3) is 5.91 Å². The number of rotatable bonds is 2. The van der Waals surface area contributed by atoms with Crippen LogP contribution in [0.3, 0.4) is 0 Å². The molecular weight excluding hydrogens is 302 g/mol. The van der Waals surface area contributed by atoms with Crippen LogP contribution in [-0.2, 0) is 0 Å². The predicted octanol–water partition coefficient (Wildman–Crippen LogP) is 4.60. The standard InChI is InChI=1S/C16H22BrNO/c1-12-9-10-14(15(17)11-12)16(19)18-13-7-5-3-2-4-6-8-13/h9-11,13H,2-8H2,1H3,(H,18,19). The zero-order valence-corrected chi connectivity index (χ0v) is 13.1. The second kappa shape index (κ2) is 7.09. The third-order valence-corrected chi connectivity index (χ3v) is 4.47. The van der Waals surface area contributed by atoms with Gasteiger partial charge in [-0.1, -0.05) is 38.2 Å². The van der Waals surface area contributed by atoms with Crippen molar-refractivity contribution in [3.8, 4) is 0 Å². The maximum absolute atomic E-state index is 12.3. The van der Waals surface area contributed by atoms with E-state index in [2.05, 4.69) is 21.2 Å². The first-order valence-electron chi connectivity index (χ1n) is 7.24. The first-order chi connectivity index (χ1) is 9.16. The molecule has 1 aromatic rings. The molecule has 0 bridgehead atoms. The van der Waals surface area contributed by atoms with Crippen molar-refractivity contribution < 1.29 is 4.79 Å². The molecule has 2 nitrogen and oxygen atoms in total. The fourth-order valence-corrected chi connectivity index (χ4v) is 3.34. The molecule has 0 heterocycles. The Labute approximate surface area is 124 Å². The van der Waals surface area contributed by atoms with E-state index in [1.807, 2.05) is 25.1 Å². The monoisotopic (exact) mass is 323 g/mol. The minimum atomic E-state index is 0.0532. The minimum Gasteiger partial charge on any atom is -0.349 e. The molecule has 1 amide bonds. The van der Waals surface area contributed by atoms with Crippen LogP contribution in [0.25, 0.3) is 0 Å². The largest absolute Gasteiger partial charge is 0.349 e. The first-order valence-corrected chi connectivity index (χ1v) is 8.03. The molecule has 19 heavy (non-hydrogen) atoms. The van der Waals surface area contributed by atoms with Crippen molar-refractivity contribution in [1.29, 1.82) is 0 Å². The van der Waals surface area contributed by atoms with Crippen LogP contribution >= 0.6 is 15.9 Å². The molecule has 0 unspecified atom stereocenters. The molecule has 0 spiro atoms. The van der Waals surface area contributed by atoms with Crippen LogP contribution in [0.15, 0.2) is 22.7 Å². The third-order valence-electron chi connectivity index (χ3n) is 3.81. The van der Waals surface area contributed by atoms with Gasteiger partial charge in [-0.15, -0.1) is 0 Å². The van der Waals surface area contributed by atoms with Crippen molar-refractivity contribution in [2.75, 3.05) is 0 Å². The van der Waals surface area contributed by atoms with Gasteiger partial charge in [0.2, 0.25) is 0 Å². The van der Waals surface area contributed by atoms with E-state index in [1.165, 1.54) is 32.1 Å². The second-order valence-corrected chi connectivity index (χ2v) is 6.35. The topological polar surface area (TPSA) is 29.1 Å². The molecule has 0 saturated heterocycles. The maximum Gasteiger partial charge on any atom is 0.252 e.